The van der Waals surface area contributed by atoms with E-state index >= 15 is 0 Å². The van der Waals surface area contributed by atoms with Crippen LogP contribution in [0.3, 0.4) is 0 Å². The first-order valence-electron chi connectivity index (χ1n) is 7.75. The molecule has 1 saturated heterocycles. The summed E-state index contributed by atoms with van der Waals surface area (Å²) in [7, 11) is 1.81. The summed E-state index contributed by atoms with van der Waals surface area (Å²) >= 11 is 0. The number of ether oxygens (including phenoxy) is 1. The van der Waals surface area contributed by atoms with Gasteiger partial charge in [0, 0.05) is 26.7 Å². The Labute approximate surface area is 128 Å². The van der Waals surface area contributed by atoms with Gasteiger partial charge in [0.1, 0.15) is 0 Å². The van der Waals surface area contributed by atoms with Gasteiger partial charge in [0.05, 0.1) is 5.60 Å². The molecular formula is C17H27N3O. The lowest BCUT2D eigenvalue weighted by molar-refractivity contribution is 0.0243. The second-order valence-corrected chi connectivity index (χ2v) is 5.99. The average molecular weight is 289 g/mol. The monoisotopic (exact) mass is 289 g/mol. The Morgan fingerprint density at radius 2 is 2.24 bits per heavy atom. The lowest BCUT2D eigenvalue weighted by atomic mass is 10.0. The van der Waals surface area contributed by atoms with Gasteiger partial charge in [-0.2, -0.15) is 0 Å². The third-order valence-corrected chi connectivity index (χ3v) is 3.94. The van der Waals surface area contributed by atoms with Gasteiger partial charge in [-0.3, -0.25) is 4.99 Å². The Kier molecular flexibility index (Phi) is 5.62. The molecular weight excluding hydrogens is 262 g/mol. The molecule has 116 valence electrons. The van der Waals surface area contributed by atoms with Gasteiger partial charge in [-0.15, -0.1) is 0 Å². The van der Waals surface area contributed by atoms with Crippen LogP contribution in [0, 0.1) is 6.92 Å². The number of benzene rings is 1. The Bertz CT molecular complexity index is 479. The molecule has 1 atom stereocenters. The molecule has 1 fully saturated rings. The van der Waals surface area contributed by atoms with Crippen molar-refractivity contribution in [2.45, 2.75) is 38.7 Å². The van der Waals surface area contributed by atoms with E-state index in [9.17, 15) is 0 Å². The van der Waals surface area contributed by atoms with E-state index in [4.69, 9.17) is 4.74 Å². The van der Waals surface area contributed by atoms with Crippen molar-refractivity contribution in [3.63, 3.8) is 0 Å². The summed E-state index contributed by atoms with van der Waals surface area (Å²) in [4.78, 5) is 4.27. The van der Waals surface area contributed by atoms with Gasteiger partial charge in [0.2, 0.25) is 0 Å². The maximum absolute atomic E-state index is 5.78. The standard InChI is InChI=1S/C17H27N3O/c1-14-6-4-7-15(12-14)8-10-19-16(18-3)20-13-17(2)9-5-11-21-17/h4,6-7,12H,5,8-11,13H2,1-3H3,(H2,18,19,20). The largest absolute Gasteiger partial charge is 0.373 e. The zero-order chi connectivity index (χ0) is 15.1. The van der Waals surface area contributed by atoms with E-state index in [1.165, 1.54) is 11.1 Å². The summed E-state index contributed by atoms with van der Waals surface area (Å²) < 4.78 is 5.78. The number of guanidine groups is 1. The fourth-order valence-electron chi connectivity index (χ4n) is 2.66. The van der Waals surface area contributed by atoms with Crippen LogP contribution in [0.15, 0.2) is 29.3 Å². The van der Waals surface area contributed by atoms with Crippen LogP contribution < -0.4 is 10.6 Å². The van der Waals surface area contributed by atoms with Crippen molar-refractivity contribution in [1.29, 1.82) is 0 Å². The molecule has 2 rings (SSSR count). The van der Waals surface area contributed by atoms with Crippen LogP contribution >= 0.6 is 0 Å². The molecule has 1 unspecified atom stereocenters. The highest BCUT2D eigenvalue weighted by Crippen LogP contribution is 2.23. The molecule has 0 amide bonds. The van der Waals surface area contributed by atoms with Crippen molar-refractivity contribution in [3.8, 4) is 0 Å². The molecule has 0 bridgehead atoms. The minimum absolute atomic E-state index is 0.0475. The van der Waals surface area contributed by atoms with Crippen LogP contribution in [0.4, 0.5) is 0 Å². The first-order chi connectivity index (χ1) is 10.1. The van der Waals surface area contributed by atoms with E-state index in [1.54, 1.807) is 7.05 Å². The number of hydrogen-bond acceptors (Lipinski definition) is 2. The molecule has 4 heteroatoms. The van der Waals surface area contributed by atoms with E-state index in [0.717, 1.165) is 44.9 Å². The van der Waals surface area contributed by atoms with Crippen molar-refractivity contribution < 1.29 is 4.74 Å². The van der Waals surface area contributed by atoms with E-state index in [-0.39, 0.29) is 5.60 Å². The number of hydrogen-bond donors (Lipinski definition) is 2. The highest BCUT2D eigenvalue weighted by atomic mass is 16.5. The van der Waals surface area contributed by atoms with Crippen molar-refractivity contribution in [2.24, 2.45) is 4.99 Å². The predicted molar refractivity (Wildman–Crippen MR) is 87.8 cm³/mol. The minimum Gasteiger partial charge on any atom is -0.373 e. The number of aliphatic imine (C=N–C) groups is 1. The molecule has 0 radical (unpaired) electrons. The highest BCUT2D eigenvalue weighted by Gasteiger charge is 2.29. The Morgan fingerprint density at radius 1 is 1.38 bits per heavy atom. The van der Waals surface area contributed by atoms with Crippen LogP contribution in [0.2, 0.25) is 0 Å². The van der Waals surface area contributed by atoms with Crippen molar-refractivity contribution in [3.05, 3.63) is 35.4 Å². The fraction of sp³-hybridized carbons (Fsp3) is 0.588. The summed E-state index contributed by atoms with van der Waals surface area (Å²) in [6.07, 6.45) is 3.26. The molecule has 0 aliphatic carbocycles. The van der Waals surface area contributed by atoms with Crippen LogP contribution in [0.5, 0.6) is 0 Å². The SMILES string of the molecule is CN=C(NCCc1cccc(C)c1)NCC1(C)CCCO1. The first kappa shape index (κ1) is 15.8. The summed E-state index contributed by atoms with van der Waals surface area (Å²) in [6.45, 7) is 6.84. The lowest BCUT2D eigenvalue weighted by Gasteiger charge is -2.24. The molecule has 2 N–H and O–H groups in total. The summed E-state index contributed by atoms with van der Waals surface area (Å²) in [6, 6.07) is 8.62. The summed E-state index contributed by atoms with van der Waals surface area (Å²) in [5.74, 6) is 0.847. The Balaban J connectivity index is 1.73. The molecule has 1 heterocycles. The molecule has 1 aliphatic heterocycles. The van der Waals surface area contributed by atoms with Gasteiger partial charge in [0.15, 0.2) is 5.96 Å². The zero-order valence-corrected chi connectivity index (χ0v) is 13.4. The molecule has 0 saturated carbocycles. The van der Waals surface area contributed by atoms with Crippen molar-refractivity contribution in [1.82, 2.24) is 10.6 Å². The molecule has 0 aromatic heterocycles. The highest BCUT2D eigenvalue weighted by molar-refractivity contribution is 5.79. The van der Waals surface area contributed by atoms with Crippen LogP contribution in [0.25, 0.3) is 0 Å². The third-order valence-electron chi connectivity index (χ3n) is 3.94. The second-order valence-electron chi connectivity index (χ2n) is 5.99. The molecule has 0 spiro atoms. The van der Waals surface area contributed by atoms with E-state index in [0.29, 0.717) is 0 Å². The Hall–Kier alpha value is -1.55. The van der Waals surface area contributed by atoms with E-state index in [2.05, 4.69) is 53.7 Å². The second kappa shape index (κ2) is 7.46. The smallest absolute Gasteiger partial charge is 0.191 e. The van der Waals surface area contributed by atoms with Crippen molar-refractivity contribution in [2.75, 3.05) is 26.7 Å². The minimum atomic E-state index is -0.0475. The summed E-state index contributed by atoms with van der Waals surface area (Å²) in [5, 5.41) is 6.73. The molecule has 1 aromatic carbocycles. The van der Waals surface area contributed by atoms with E-state index in [1.807, 2.05) is 0 Å². The van der Waals surface area contributed by atoms with Gasteiger partial charge in [0.25, 0.3) is 0 Å². The molecule has 1 aliphatic rings. The van der Waals surface area contributed by atoms with Gasteiger partial charge < -0.3 is 15.4 Å². The van der Waals surface area contributed by atoms with Gasteiger partial charge >= 0.3 is 0 Å². The maximum atomic E-state index is 5.78. The lowest BCUT2D eigenvalue weighted by Crippen LogP contribution is -2.45. The number of rotatable bonds is 5. The third kappa shape index (κ3) is 5.05. The first-order valence-corrected chi connectivity index (χ1v) is 7.75. The summed E-state index contributed by atoms with van der Waals surface area (Å²) in [5.41, 5.74) is 2.61. The van der Waals surface area contributed by atoms with E-state index < -0.39 is 0 Å². The fourth-order valence-corrected chi connectivity index (χ4v) is 2.66. The average Bonchev–Trinajstić information content (AvgIpc) is 2.90. The van der Waals surface area contributed by atoms with Crippen molar-refractivity contribution >= 4 is 5.96 Å². The molecule has 1 aromatic rings. The predicted octanol–water partition coefficient (Wildman–Crippen LogP) is 2.27. The van der Waals surface area contributed by atoms with Crippen LogP contribution in [0.1, 0.15) is 30.9 Å². The zero-order valence-electron chi connectivity index (χ0n) is 13.4. The topological polar surface area (TPSA) is 45.7 Å². The maximum Gasteiger partial charge on any atom is 0.191 e. The van der Waals surface area contributed by atoms with Gasteiger partial charge in [-0.1, -0.05) is 29.8 Å². The van der Waals surface area contributed by atoms with Gasteiger partial charge in [-0.25, -0.2) is 0 Å². The Morgan fingerprint density at radius 3 is 2.90 bits per heavy atom. The molecule has 21 heavy (non-hydrogen) atoms. The number of nitrogens with zero attached hydrogens (tertiary/aromatic N) is 1. The number of nitrogens with one attached hydrogen (secondary N) is 2. The van der Waals surface area contributed by atoms with Crippen LogP contribution in [-0.4, -0.2) is 38.3 Å². The van der Waals surface area contributed by atoms with Gasteiger partial charge in [-0.05, 0) is 38.7 Å². The number of aryl methyl sites for hydroxylation is 1. The van der Waals surface area contributed by atoms with Crippen LogP contribution in [-0.2, 0) is 11.2 Å². The molecule has 4 nitrogen and oxygen atoms in total. The normalized spacial score (nSPS) is 22.3. The quantitative estimate of drug-likeness (QED) is 0.646.